The molecule has 2 aliphatic heterocycles. The van der Waals surface area contributed by atoms with Crippen molar-refractivity contribution in [3.05, 3.63) is 22.8 Å². The van der Waals surface area contributed by atoms with E-state index in [9.17, 15) is 4.79 Å². The lowest BCUT2D eigenvalue weighted by Gasteiger charge is -2.34. The van der Waals surface area contributed by atoms with Crippen molar-refractivity contribution in [1.29, 1.82) is 5.26 Å². The Hall–Kier alpha value is -1.84. The molecular weight excluding hydrogens is 304 g/mol. The van der Waals surface area contributed by atoms with E-state index in [1.54, 1.807) is 12.3 Å². The molecule has 22 heavy (non-hydrogen) atoms. The van der Waals surface area contributed by atoms with Crippen molar-refractivity contribution in [1.82, 2.24) is 9.88 Å². The van der Waals surface area contributed by atoms with Gasteiger partial charge in [0, 0.05) is 31.7 Å². The van der Waals surface area contributed by atoms with Crippen molar-refractivity contribution in [2.24, 2.45) is 0 Å². The van der Waals surface area contributed by atoms with Crippen molar-refractivity contribution < 1.29 is 9.53 Å². The summed E-state index contributed by atoms with van der Waals surface area (Å²) in [6, 6.07) is 3.81. The zero-order valence-electron chi connectivity index (χ0n) is 12.1. The number of likely N-dealkylation sites (tertiary alicyclic amines) is 1. The van der Waals surface area contributed by atoms with Crippen LogP contribution in [0.4, 0.5) is 5.82 Å². The van der Waals surface area contributed by atoms with Crippen molar-refractivity contribution in [3.8, 4) is 6.07 Å². The topological polar surface area (TPSA) is 78.2 Å². The Morgan fingerprint density at radius 2 is 2.18 bits per heavy atom. The molecule has 1 unspecified atom stereocenters. The highest BCUT2D eigenvalue weighted by Crippen LogP contribution is 2.26. The Morgan fingerprint density at radius 1 is 1.41 bits per heavy atom. The summed E-state index contributed by atoms with van der Waals surface area (Å²) >= 11 is 6.16. The number of ether oxygens (including phenoxy) is 1. The van der Waals surface area contributed by atoms with E-state index in [0.717, 1.165) is 32.4 Å². The van der Waals surface area contributed by atoms with Gasteiger partial charge >= 0.3 is 5.97 Å². The molecule has 0 aromatic carbocycles. The number of nitriles is 1. The number of rotatable bonds is 3. The summed E-state index contributed by atoms with van der Waals surface area (Å²) in [5.41, 5.74) is 0.422. The number of carbonyl (C=O) groups excluding carboxylic acids is 1. The highest BCUT2D eigenvalue weighted by molar-refractivity contribution is 6.34. The summed E-state index contributed by atoms with van der Waals surface area (Å²) in [4.78, 5) is 18.0. The van der Waals surface area contributed by atoms with E-state index in [1.165, 1.54) is 0 Å². The molecule has 0 aliphatic carbocycles. The molecule has 6 nitrogen and oxygen atoms in total. The number of piperidine rings is 1. The van der Waals surface area contributed by atoms with E-state index >= 15 is 0 Å². The molecule has 1 N–H and O–H groups in total. The van der Waals surface area contributed by atoms with E-state index in [-0.39, 0.29) is 18.1 Å². The molecule has 1 aromatic rings. The fourth-order valence-electron chi connectivity index (χ4n) is 3.00. The number of halogens is 1. The average Bonchev–Trinajstić information content (AvgIpc) is 2.96. The van der Waals surface area contributed by atoms with Crippen molar-refractivity contribution in [3.63, 3.8) is 0 Å². The second kappa shape index (κ2) is 6.51. The Morgan fingerprint density at radius 3 is 2.82 bits per heavy atom. The number of hydrogen-bond acceptors (Lipinski definition) is 6. The predicted octanol–water partition coefficient (Wildman–Crippen LogP) is 1.80. The molecule has 2 aliphatic rings. The minimum atomic E-state index is -0.0992. The van der Waals surface area contributed by atoms with Crippen LogP contribution in [0.25, 0.3) is 0 Å². The number of esters is 1. The number of anilines is 1. The van der Waals surface area contributed by atoms with E-state index in [0.29, 0.717) is 23.0 Å². The standard InChI is InChI=1S/C15H17ClN4O2/c16-13-10(9-17)1-5-18-14(13)19-11-2-6-20(7-3-11)12-4-8-22-15(12)21/h1,5,11-12H,2-4,6-8H2,(H,18,19). The summed E-state index contributed by atoms with van der Waals surface area (Å²) in [7, 11) is 0. The first-order valence-electron chi connectivity index (χ1n) is 7.41. The highest BCUT2D eigenvalue weighted by Gasteiger charge is 2.34. The van der Waals surface area contributed by atoms with Gasteiger partial charge in [0.2, 0.25) is 0 Å². The molecule has 0 saturated carbocycles. The van der Waals surface area contributed by atoms with Gasteiger partial charge < -0.3 is 10.1 Å². The normalized spacial score (nSPS) is 23.1. The molecule has 1 aromatic heterocycles. The van der Waals surface area contributed by atoms with Gasteiger partial charge in [-0.25, -0.2) is 4.98 Å². The first-order valence-corrected chi connectivity index (χ1v) is 7.78. The summed E-state index contributed by atoms with van der Waals surface area (Å²) in [5.74, 6) is 0.456. The lowest BCUT2D eigenvalue weighted by Crippen LogP contribution is -2.46. The first kappa shape index (κ1) is 15.1. The van der Waals surface area contributed by atoms with Crippen LogP contribution in [0.1, 0.15) is 24.8 Å². The summed E-state index contributed by atoms with van der Waals surface area (Å²) in [6.45, 7) is 2.21. The van der Waals surface area contributed by atoms with Gasteiger partial charge in [0.15, 0.2) is 0 Å². The van der Waals surface area contributed by atoms with Crippen LogP contribution in [0.5, 0.6) is 0 Å². The SMILES string of the molecule is N#Cc1ccnc(NC2CCN(C3CCOC3=O)CC2)c1Cl. The molecule has 116 valence electrons. The third-order valence-electron chi connectivity index (χ3n) is 4.23. The van der Waals surface area contributed by atoms with Gasteiger partial charge in [-0.1, -0.05) is 11.6 Å². The number of pyridine rings is 1. The van der Waals surface area contributed by atoms with Gasteiger partial charge in [0.25, 0.3) is 0 Å². The summed E-state index contributed by atoms with van der Waals surface area (Å²) in [5, 5.41) is 12.7. The van der Waals surface area contributed by atoms with Crippen LogP contribution in [-0.2, 0) is 9.53 Å². The van der Waals surface area contributed by atoms with Crippen LogP contribution >= 0.6 is 11.6 Å². The Labute approximate surface area is 134 Å². The summed E-state index contributed by atoms with van der Waals surface area (Å²) in [6.07, 6.45) is 4.17. The molecule has 0 bridgehead atoms. The van der Waals surface area contributed by atoms with E-state index in [4.69, 9.17) is 21.6 Å². The maximum atomic E-state index is 11.6. The molecule has 3 rings (SSSR count). The third kappa shape index (κ3) is 3.01. The minimum Gasteiger partial charge on any atom is -0.464 e. The first-order chi connectivity index (χ1) is 10.7. The number of nitrogens with zero attached hydrogens (tertiary/aromatic N) is 3. The Bertz CT molecular complexity index is 608. The fourth-order valence-corrected chi connectivity index (χ4v) is 3.20. The monoisotopic (exact) mass is 320 g/mol. The number of aromatic nitrogens is 1. The van der Waals surface area contributed by atoms with Crippen LogP contribution in [-0.4, -0.2) is 47.6 Å². The predicted molar refractivity (Wildman–Crippen MR) is 81.5 cm³/mol. The maximum Gasteiger partial charge on any atom is 0.323 e. The second-order valence-corrected chi connectivity index (χ2v) is 5.94. The van der Waals surface area contributed by atoms with Crippen LogP contribution in [0.15, 0.2) is 12.3 Å². The van der Waals surface area contributed by atoms with Gasteiger partial charge in [-0.3, -0.25) is 9.69 Å². The van der Waals surface area contributed by atoms with Gasteiger partial charge in [0.05, 0.1) is 12.2 Å². The molecular formula is C15H17ClN4O2. The Balaban J connectivity index is 1.58. The van der Waals surface area contributed by atoms with Gasteiger partial charge in [-0.2, -0.15) is 5.26 Å². The van der Waals surface area contributed by atoms with E-state index in [2.05, 4.69) is 21.3 Å². The highest BCUT2D eigenvalue weighted by atomic mass is 35.5. The van der Waals surface area contributed by atoms with Crippen LogP contribution in [0.3, 0.4) is 0 Å². The van der Waals surface area contributed by atoms with Crippen LogP contribution in [0, 0.1) is 11.3 Å². The number of carbonyl (C=O) groups is 1. The van der Waals surface area contributed by atoms with Gasteiger partial charge in [-0.05, 0) is 18.9 Å². The molecule has 1 atom stereocenters. The van der Waals surface area contributed by atoms with Gasteiger partial charge in [0.1, 0.15) is 23.0 Å². The molecule has 2 saturated heterocycles. The average molecular weight is 321 g/mol. The zero-order valence-corrected chi connectivity index (χ0v) is 12.8. The molecule has 0 amide bonds. The molecule has 7 heteroatoms. The lowest BCUT2D eigenvalue weighted by molar-refractivity contribution is -0.142. The molecule has 3 heterocycles. The molecule has 2 fully saturated rings. The van der Waals surface area contributed by atoms with Crippen LogP contribution in [0.2, 0.25) is 5.02 Å². The Kier molecular flexibility index (Phi) is 4.46. The third-order valence-corrected chi connectivity index (χ3v) is 4.61. The van der Waals surface area contributed by atoms with Crippen molar-refractivity contribution in [2.45, 2.75) is 31.3 Å². The van der Waals surface area contributed by atoms with Gasteiger partial charge in [-0.15, -0.1) is 0 Å². The largest absolute Gasteiger partial charge is 0.464 e. The quantitative estimate of drug-likeness (QED) is 0.856. The lowest BCUT2D eigenvalue weighted by atomic mass is 10.0. The number of cyclic esters (lactones) is 1. The number of nitrogens with one attached hydrogen (secondary N) is 1. The van der Waals surface area contributed by atoms with Crippen molar-refractivity contribution in [2.75, 3.05) is 25.0 Å². The second-order valence-electron chi connectivity index (χ2n) is 5.56. The zero-order chi connectivity index (χ0) is 15.5. The minimum absolute atomic E-state index is 0.0791. The van der Waals surface area contributed by atoms with E-state index < -0.39 is 0 Å². The maximum absolute atomic E-state index is 11.6. The molecule has 0 radical (unpaired) electrons. The fraction of sp³-hybridized carbons (Fsp3) is 0.533. The smallest absolute Gasteiger partial charge is 0.323 e. The van der Waals surface area contributed by atoms with E-state index in [1.807, 2.05) is 0 Å². The van der Waals surface area contributed by atoms with Crippen LogP contribution < -0.4 is 5.32 Å². The number of hydrogen-bond donors (Lipinski definition) is 1. The summed E-state index contributed by atoms with van der Waals surface area (Å²) < 4.78 is 5.03. The molecule has 0 spiro atoms. The van der Waals surface area contributed by atoms with Crippen molar-refractivity contribution >= 4 is 23.4 Å².